The first-order chi connectivity index (χ1) is 8.70. The number of hydrogen-bond acceptors (Lipinski definition) is 3. The molecule has 0 amide bonds. The minimum Gasteiger partial charge on any atom is -0.376 e. The van der Waals surface area contributed by atoms with Crippen molar-refractivity contribution in [2.75, 3.05) is 26.7 Å². The molecule has 0 aliphatic carbocycles. The molecule has 4 heteroatoms. The van der Waals surface area contributed by atoms with E-state index in [1.54, 1.807) is 6.92 Å². The molecule has 1 aromatic carbocycles. The highest BCUT2D eigenvalue weighted by Gasteiger charge is 2.19. The van der Waals surface area contributed by atoms with E-state index in [0.717, 1.165) is 31.7 Å². The Morgan fingerprint density at radius 1 is 1.56 bits per heavy atom. The Morgan fingerprint density at radius 2 is 2.39 bits per heavy atom. The Labute approximate surface area is 108 Å². The van der Waals surface area contributed by atoms with Crippen LogP contribution in [0.25, 0.3) is 0 Å². The van der Waals surface area contributed by atoms with Crippen LogP contribution in [0.2, 0.25) is 0 Å². The normalized spacial score (nSPS) is 21.8. The zero-order valence-electron chi connectivity index (χ0n) is 11.0. The van der Waals surface area contributed by atoms with Crippen LogP contribution in [0, 0.1) is 12.7 Å². The van der Waals surface area contributed by atoms with E-state index < -0.39 is 0 Å². The molecule has 100 valence electrons. The van der Waals surface area contributed by atoms with E-state index in [2.05, 4.69) is 10.6 Å². The molecule has 1 aliphatic heterocycles. The van der Waals surface area contributed by atoms with E-state index in [9.17, 15) is 4.39 Å². The molecule has 18 heavy (non-hydrogen) atoms. The van der Waals surface area contributed by atoms with Gasteiger partial charge in [-0.05, 0) is 37.6 Å². The molecule has 0 bridgehead atoms. The average molecular weight is 252 g/mol. The molecular formula is C14H21FN2O. The van der Waals surface area contributed by atoms with Crippen LogP contribution in [0.15, 0.2) is 18.2 Å². The fraction of sp³-hybridized carbons (Fsp3) is 0.571. The molecule has 1 aromatic rings. The van der Waals surface area contributed by atoms with Crippen LogP contribution in [0.4, 0.5) is 4.39 Å². The van der Waals surface area contributed by atoms with Crippen LogP contribution in [-0.4, -0.2) is 32.8 Å². The highest BCUT2D eigenvalue weighted by molar-refractivity contribution is 5.26. The predicted molar refractivity (Wildman–Crippen MR) is 70.2 cm³/mol. The molecule has 2 unspecified atom stereocenters. The lowest BCUT2D eigenvalue weighted by Crippen LogP contribution is -2.40. The minimum atomic E-state index is -0.149. The van der Waals surface area contributed by atoms with Gasteiger partial charge in [0, 0.05) is 19.1 Å². The second-order valence-corrected chi connectivity index (χ2v) is 4.78. The molecule has 2 atom stereocenters. The second-order valence-electron chi connectivity index (χ2n) is 4.78. The molecule has 1 fully saturated rings. The van der Waals surface area contributed by atoms with Crippen molar-refractivity contribution in [3.8, 4) is 0 Å². The molecule has 3 nitrogen and oxygen atoms in total. The summed E-state index contributed by atoms with van der Waals surface area (Å²) in [5.74, 6) is -0.149. The van der Waals surface area contributed by atoms with Gasteiger partial charge < -0.3 is 15.4 Å². The number of halogens is 1. The molecule has 2 rings (SSSR count). The lowest BCUT2D eigenvalue weighted by atomic mass is 9.98. The first-order valence-electron chi connectivity index (χ1n) is 6.46. The molecular weight excluding hydrogens is 231 g/mol. The standard InChI is InChI=1S/C14H21FN2O/c1-10-7-11(3-4-13(10)15)14(16-2)8-12-9-17-5-6-18-12/h3-4,7,12,14,16-17H,5-6,8-9H2,1-2H3. The van der Waals surface area contributed by atoms with E-state index >= 15 is 0 Å². The summed E-state index contributed by atoms with van der Waals surface area (Å²) in [6.07, 6.45) is 1.12. The Morgan fingerprint density at radius 3 is 3.00 bits per heavy atom. The maximum atomic E-state index is 13.3. The predicted octanol–water partition coefficient (Wildman–Crippen LogP) is 1.77. The van der Waals surface area contributed by atoms with Crippen molar-refractivity contribution in [1.29, 1.82) is 0 Å². The van der Waals surface area contributed by atoms with Crippen molar-refractivity contribution in [2.24, 2.45) is 0 Å². The van der Waals surface area contributed by atoms with Crippen LogP contribution in [-0.2, 0) is 4.74 Å². The summed E-state index contributed by atoms with van der Waals surface area (Å²) in [5.41, 5.74) is 1.81. The topological polar surface area (TPSA) is 33.3 Å². The monoisotopic (exact) mass is 252 g/mol. The number of nitrogens with one attached hydrogen (secondary N) is 2. The number of hydrogen-bond donors (Lipinski definition) is 2. The zero-order chi connectivity index (χ0) is 13.0. The molecule has 1 heterocycles. The van der Waals surface area contributed by atoms with Gasteiger partial charge in [-0.1, -0.05) is 12.1 Å². The molecule has 1 saturated heterocycles. The third-order valence-electron chi connectivity index (χ3n) is 3.44. The summed E-state index contributed by atoms with van der Waals surface area (Å²) in [5, 5.41) is 6.61. The maximum absolute atomic E-state index is 13.3. The van der Waals surface area contributed by atoms with Crippen molar-refractivity contribution in [2.45, 2.75) is 25.5 Å². The smallest absolute Gasteiger partial charge is 0.126 e. The average Bonchev–Trinajstić information content (AvgIpc) is 2.40. The number of rotatable bonds is 4. The van der Waals surface area contributed by atoms with Gasteiger partial charge in [0.1, 0.15) is 5.82 Å². The van der Waals surface area contributed by atoms with E-state index in [1.165, 1.54) is 6.07 Å². The van der Waals surface area contributed by atoms with Gasteiger partial charge in [-0.3, -0.25) is 0 Å². The maximum Gasteiger partial charge on any atom is 0.126 e. The molecule has 0 aromatic heterocycles. The fourth-order valence-electron chi connectivity index (χ4n) is 2.34. The first-order valence-corrected chi connectivity index (χ1v) is 6.46. The highest BCUT2D eigenvalue weighted by atomic mass is 19.1. The van der Waals surface area contributed by atoms with Crippen LogP contribution in [0.5, 0.6) is 0 Å². The van der Waals surface area contributed by atoms with Gasteiger partial charge in [-0.25, -0.2) is 4.39 Å². The summed E-state index contributed by atoms with van der Waals surface area (Å²) in [6, 6.07) is 5.50. The second kappa shape index (κ2) is 6.27. The number of benzene rings is 1. The number of morpholine rings is 1. The quantitative estimate of drug-likeness (QED) is 0.857. The van der Waals surface area contributed by atoms with Gasteiger partial charge in [-0.2, -0.15) is 0 Å². The fourth-order valence-corrected chi connectivity index (χ4v) is 2.34. The van der Waals surface area contributed by atoms with Crippen molar-refractivity contribution >= 4 is 0 Å². The van der Waals surface area contributed by atoms with Gasteiger partial charge in [0.25, 0.3) is 0 Å². The van der Waals surface area contributed by atoms with E-state index in [-0.39, 0.29) is 18.0 Å². The Balaban J connectivity index is 2.04. The Kier molecular flexibility index (Phi) is 4.69. The van der Waals surface area contributed by atoms with Gasteiger partial charge in [0.15, 0.2) is 0 Å². The van der Waals surface area contributed by atoms with Crippen molar-refractivity contribution in [3.63, 3.8) is 0 Å². The Bertz CT molecular complexity index is 391. The van der Waals surface area contributed by atoms with Crippen LogP contribution in [0.1, 0.15) is 23.6 Å². The van der Waals surface area contributed by atoms with Crippen molar-refractivity contribution in [1.82, 2.24) is 10.6 Å². The van der Waals surface area contributed by atoms with Gasteiger partial charge in [0.2, 0.25) is 0 Å². The third kappa shape index (κ3) is 3.28. The molecule has 0 spiro atoms. The Hall–Kier alpha value is -0.970. The molecule has 0 saturated carbocycles. The van der Waals surface area contributed by atoms with Crippen LogP contribution >= 0.6 is 0 Å². The summed E-state index contributed by atoms with van der Waals surface area (Å²) in [6.45, 7) is 4.38. The number of aryl methyl sites for hydroxylation is 1. The van der Waals surface area contributed by atoms with Gasteiger partial charge in [0.05, 0.1) is 12.7 Å². The summed E-state index contributed by atoms with van der Waals surface area (Å²) >= 11 is 0. The largest absolute Gasteiger partial charge is 0.376 e. The van der Waals surface area contributed by atoms with E-state index in [1.807, 2.05) is 19.2 Å². The lowest BCUT2D eigenvalue weighted by molar-refractivity contribution is 0.0176. The van der Waals surface area contributed by atoms with Crippen LogP contribution in [0.3, 0.4) is 0 Å². The molecule has 1 aliphatic rings. The van der Waals surface area contributed by atoms with Crippen molar-refractivity contribution in [3.05, 3.63) is 35.1 Å². The minimum absolute atomic E-state index is 0.149. The zero-order valence-corrected chi connectivity index (χ0v) is 11.0. The summed E-state index contributed by atoms with van der Waals surface area (Å²) < 4.78 is 19.0. The number of ether oxygens (including phenoxy) is 1. The van der Waals surface area contributed by atoms with E-state index in [0.29, 0.717) is 5.56 Å². The molecule has 0 radical (unpaired) electrons. The van der Waals surface area contributed by atoms with E-state index in [4.69, 9.17) is 4.74 Å². The van der Waals surface area contributed by atoms with Gasteiger partial charge in [-0.15, -0.1) is 0 Å². The first kappa shape index (κ1) is 13.5. The SMILES string of the molecule is CNC(CC1CNCCO1)c1ccc(F)c(C)c1. The lowest BCUT2D eigenvalue weighted by Gasteiger charge is -2.27. The van der Waals surface area contributed by atoms with Crippen molar-refractivity contribution < 1.29 is 9.13 Å². The third-order valence-corrected chi connectivity index (χ3v) is 3.44. The highest BCUT2D eigenvalue weighted by Crippen LogP contribution is 2.22. The van der Waals surface area contributed by atoms with Gasteiger partial charge >= 0.3 is 0 Å². The summed E-state index contributed by atoms with van der Waals surface area (Å²) in [7, 11) is 1.93. The molecule has 2 N–H and O–H groups in total. The van der Waals surface area contributed by atoms with Crippen LogP contribution < -0.4 is 10.6 Å². The summed E-state index contributed by atoms with van der Waals surface area (Å²) in [4.78, 5) is 0.